The molecule has 1 aliphatic heterocycles. The molecule has 92 valence electrons. The van der Waals surface area contributed by atoms with Gasteiger partial charge < -0.3 is 15.2 Å². The van der Waals surface area contributed by atoms with Crippen molar-refractivity contribution in [2.24, 2.45) is 5.73 Å². The van der Waals surface area contributed by atoms with Crippen molar-refractivity contribution in [3.8, 4) is 11.5 Å². The van der Waals surface area contributed by atoms with Gasteiger partial charge in [0.1, 0.15) is 0 Å². The molecule has 0 amide bonds. The molecule has 1 aromatic rings. The van der Waals surface area contributed by atoms with Crippen molar-refractivity contribution in [2.75, 3.05) is 13.2 Å². The Balaban J connectivity index is 2.12. The van der Waals surface area contributed by atoms with E-state index in [0.717, 1.165) is 37.6 Å². The van der Waals surface area contributed by atoms with E-state index in [1.54, 1.807) is 0 Å². The lowest BCUT2D eigenvalue weighted by Crippen LogP contribution is -2.14. The Kier molecular flexibility index (Phi) is 2.33. The Bertz CT molecular complexity index is 454. The molecule has 1 heterocycles. The first-order valence-electron chi connectivity index (χ1n) is 6.27. The van der Waals surface area contributed by atoms with Gasteiger partial charge in [-0.1, -0.05) is 13.8 Å². The van der Waals surface area contributed by atoms with Crippen LogP contribution in [0.25, 0.3) is 0 Å². The fourth-order valence-corrected chi connectivity index (χ4v) is 2.89. The van der Waals surface area contributed by atoms with Gasteiger partial charge >= 0.3 is 0 Å². The summed E-state index contributed by atoms with van der Waals surface area (Å²) in [6.45, 7) is 5.94. The molecule has 2 aliphatic rings. The second-order valence-corrected chi connectivity index (χ2v) is 5.63. The van der Waals surface area contributed by atoms with E-state index >= 15 is 0 Å². The largest absolute Gasteiger partial charge is 0.490 e. The second kappa shape index (κ2) is 3.64. The average Bonchev–Trinajstić information content (AvgIpc) is 2.46. The standard InChI is InChI=1S/C14H19NO2/c1-14(2)8-11(15)9-6-12-13(7-10(9)14)17-5-3-4-16-12/h6-7,11H,3-5,8,15H2,1-2H3/t11-/m0/s1. The van der Waals surface area contributed by atoms with Crippen molar-refractivity contribution in [2.45, 2.75) is 38.1 Å². The molecule has 0 aromatic heterocycles. The average molecular weight is 233 g/mol. The molecular weight excluding hydrogens is 214 g/mol. The van der Waals surface area contributed by atoms with Crippen LogP contribution >= 0.6 is 0 Å². The first kappa shape index (κ1) is 10.9. The highest BCUT2D eigenvalue weighted by Crippen LogP contribution is 2.47. The van der Waals surface area contributed by atoms with E-state index in [0.29, 0.717) is 0 Å². The predicted octanol–water partition coefficient (Wildman–Crippen LogP) is 2.53. The zero-order valence-electron chi connectivity index (χ0n) is 10.5. The molecule has 1 aromatic carbocycles. The van der Waals surface area contributed by atoms with Crippen molar-refractivity contribution < 1.29 is 9.47 Å². The lowest BCUT2D eigenvalue weighted by molar-refractivity contribution is 0.296. The maximum atomic E-state index is 6.20. The van der Waals surface area contributed by atoms with Crippen LogP contribution in [0.15, 0.2) is 12.1 Å². The van der Waals surface area contributed by atoms with E-state index in [9.17, 15) is 0 Å². The molecule has 0 saturated carbocycles. The Hall–Kier alpha value is -1.22. The molecule has 0 spiro atoms. The van der Waals surface area contributed by atoms with Crippen molar-refractivity contribution in [3.63, 3.8) is 0 Å². The van der Waals surface area contributed by atoms with Gasteiger partial charge in [-0.2, -0.15) is 0 Å². The van der Waals surface area contributed by atoms with Crippen LogP contribution in [0.3, 0.4) is 0 Å². The fraction of sp³-hybridized carbons (Fsp3) is 0.571. The molecule has 0 fully saturated rings. The van der Waals surface area contributed by atoms with Crippen LogP contribution in [0.5, 0.6) is 11.5 Å². The highest BCUT2D eigenvalue weighted by molar-refractivity contribution is 5.53. The zero-order chi connectivity index (χ0) is 12.0. The molecular formula is C14H19NO2. The smallest absolute Gasteiger partial charge is 0.161 e. The van der Waals surface area contributed by atoms with Gasteiger partial charge in [0.2, 0.25) is 0 Å². The van der Waals surface area contributed by atoms with Gasteiger partial charge in [0.15, 0.2) is 11.5 Å². The van der Waals surface area contributed by atoms with Gasteiger partial charge in [-0.3, -0.25) is 0 Å². The summed E-state index contributed by atoms with van der Waals surface area (Å²) in [4.78, 5) is 0. The normalized spacial score (nSPS) is 25.2. The number of fused-ring (bicyclic) bond motifs is 2. The summed E-state index contributed by atoms with van der Waals surface area (Å²) in [6, 6.07) is 4.33. The number of nitrogens with two attached hydrogens (primary N) is 1. The molecule has 0 bridgehead atoms. The molecule has 2 N–H and O–H groups in total. The second-order valence-electron chi connectivity index (χ2n) is 5.63. The molecule has 1 aliphatic carbocycles. The Morgan fingerprint density at radius 1 is 1.18 bits per heavy atom. The summed E-state index contributed by atoms with van der Waals surface area (Å²) >= 11 is 0. The summed E-state index contributed by atoms with van der Waals surface area (Å²) in [5.74, 6) is 1.73. The third-order valence-corrected chi connectivity index (χ3v) is 3.78. The lowest BCUT2D eigenvalue weighted by atomic mass is 9.86. The molecule has 1 atom stereocenters. The highest BCUT2D eigenvalue weighted by atomic mass is 16.5. The summed E-state index contributed by atoms with van der Waals surface area (Å²) in [6.07, 6.45) is 1.93. The zero-order valence-corrected chi connectivity index (χ0v) is 10.5. The van der Waals surface area contributed by atoms with Crippen LogP contribution in [-0.2, 0) is 5.41 Å². The van der Waals surface area contributed by atoms with Gasteiger partial charge in [-0.05, 0) is 35.1 Å². The molecule has 0 unspecified atom stereocenters. The number of benzene rings is 1. The van der Waals surface area contributed by atoms with Gasteiger partial charge in [0.05, 0.1) is 13.2 Å². The molecule has 3 rings (SSSR count). The van der Waals surface area contributed by atoms with Crippen LogP contribution in [0.1, 0.15) is 43.9 Å². The van der Waals surface area contributed by atoms with E-state index < -0.39 is 0 Å². The Morgan fingerprint density at radius 3 is 2.53 bits per heavy atom. The minimum atomic E-state index is 0.122. The van der Waals surface area contributed by atoms with Crippen molar-refractivity contribution in [3.05, 3.63) is 23.3 Å². The summed E-state index contributed by atoms with van der Waals surface area (Å²) < 4.78 is 11.4. The summed E-state index contributed by atoms with van der Waals surface area (Å²) in [5.41, 5.74) is 8.87. The highest BCUT2D eigenvalue weighted by Gasteiger charge is 2.36. The number of rotatable bonds is 0. The van der Waals surface area contributed by atoms with Crippen LogP contribution < -0.4 is 15.2 Å². The van der Waals surface area contributed by atoms with E-state index in [4.69, 9.17) is 15.2 Å². The van der Waals surface area contributed by atoms with E-state index in [-0.39, 0.29) is 11.5 Å². The van der Waals surface area contributed by atoms with Crippen molar-refractivity contribution in [1.29, 1.82) is 0 Å². The molecule has 3 nitrogen and oxygen atoms in total. The maximum absolute atomic E-state index is 6.20. The van der Waals surface area contributed by atoms with Gasteiger partial charge in [0.25, 0.3) is 0 Å². The van der Waals surface area contributed by atoms with E-state index in [2.05, 4.69) is 26.0 Å². The van der Waals surface area contributed by atoms with Crippen LogP contribution in [0.4, 0.5) is 0 Å². The number of ether oxygens (including phenoxy) is 2. The minimum Gasteiger partial charge on any atom is -0.490 e. The predicted molar refractivity (Wildman–Crippen MR) is 66.6 cm³/mol. The first-order valence-corrected chi connectivity index (χ1v) is 6.27. The maximum Gasteiger partial charge on any atom is 0.161 e. The molecule has 0 radical (unpaired) electrons. The molecule has 17 heavy (non-hydrogen) atoms. The topological polar surface area (TPSA) is 44.5 Å². The summed E-state index contributed by atoms with van der Waals surface area (Å²) in [5, 5.41) is 0. The van der Waals surface area contributed by atoms with Crippen LogP contribution in [0, 0.1) is 0 Å². The quantitative estimate of drug-likeness (QED) is 0.749. The van der Waals surface area contributed by atoms with Gasteiger partial charge in [0, 0.05) is 12.5 Å². The van der Waals surface area contributed by atoms with Crippen molar-refractivity contribution >= 4 is 0 Å². The van der Waals surface area contributed by atoms with E-state index in [1.807, 2.05) is 0 Å². The van der Waals surface area contributed by atoms with Crippen LogP contribution in [-0.4, -0.2) is 13.2 Å². The number of hydrogen-bond donors (Lipinski definition) is 1. The lowest BCUT2D eigenvalue weighted by Gasteiger charge is -2.20. The van der Waals surface area contributed by atoms with Crippen LogP contribution in [0.2, 0.25) is 0 Å². The van der Waals surface area contributed by atoms with Gasteiger partial charge in [-0.15, -0.1) is 0 Å². The van der Waals surface area contributed by atoms with Gasteiger partial charge in [-0.25, -0.2) is 0 Å². The van der Waals surface area contributed by atoms with E-state index in [1.165, 1.54) is 11.1 Å². The Labute approximate surface area is 102 Å². The fourth-order valence-electron chi connectivity index (χ4n) is 2.89. The first-order chi connectivity index (χ1) is 8.08. The SMILES string of the molecule is CC1(C)C[C@H](N)c2cc3c(cc21)OCCCO3. The third-order valence-electron chi connectivity index (χ3n) is 3.78. The summed E-state index contributed by atoms with van der Waals surface area (Å²) in [7, 11) is 0. The molecule has 3 heteroatoms. The Morgan fingerprint density at radius 2 is 1.82 bits per heavy atom. The minimum absolute atomic E-state index is 0.122. The monoisotopic (exact) mass is 233 g/mol. The third kappa shape index (κ3) is 1.69. The van der Waals surface area contributed by atoms with Crippen molar-refractivity contribution in [1.82, 2.24) is 0 Å². The molecule has 0 saturated heterocycles. The number of hydrogen-bond acceptors (Lipinski definition) is 3.